The van der Waals surface area contributed by atoms with Crippen molar-refractivity contribution >= 4 is 40.1 Å². The van der Waals surface area contributed by atoms with Gasteiger partial charge in [-0.3, -0.25) is 10.1 Å². The molecular formula is C14H11ClN4O2S. The molecule has 0 saturated carbocycles. The van der Waals surface area contributed by atoms with Gasteiger partial charge in [-0.05, 0) is 18.2 Å². The number of benzene rings is 1. The third-order valence-electron chi connectivity index (χ3n) is 3.19. The maximum atomic E-state index is 11.1. The number of nitro benzene ring substituents is 1. The van der Waals surface area contributed by atoms with Crippen LogP contribution in [0.15, 0.2) is 41.8 Å². The van der Waals surface area contributed by atoms with E-state index in [1.165, 1.54) is 23.9 Å². The molecule has 8 heteroatoms. The minimum absolute atomic E-state index is 0.0640. The Balaban J connectivity index is 1.93. The van der Waals surface area contributed by atoms with Crippen LogP contribution in [-0.2, 0) is 12.8 Å². The molecule has 1 aromatic carbocycles. The zero-order chi connectivity index (χ0) is 15.7. The molecule has 0 N–H and O–H groups in total. The second-order valence-electron chi connectivity index (χ2n) is 4.66. The van der Waals surface area contributed by atoms with Gasteiger partial charge < -0.3 is 4.57 Å². The standard InChI is InChI=1S/C14H11ClN4O2S/c1-18-8-17-11-4-5-16-14(13(11)18)22-7-9-6-10(15)2-3-12(9)19(20)21/h2-6,8H,7H2,1H3. The van der Waals surface area contributed by atoms with Crippen molar-refractivity contribution < 1.29 is 4.92 Å². The highest BCUT2D eigenvalue weighted by atomic mass is 35.5. The van der Waals surface area contributed by atoms with E-state index in [9.17, 15) is 10.1 Å². The van der Waals surface area contributed by atoms with Gasteiger partial charge in [0.05, 0.1) is 16.8 Å². The molecule has 0 spiro atoms. The van der Waals surface area contributed by atoms with Crippen LogP contribution in [0.25, 0.3) is 11.0 Å². The van der Waals surface area contributed by atoms with Crippen LogP contribution in [0.2, 0.25) is 5.02 Å². The summed E-state index contributed by atoms with van der Waals surface area (Å²) in [5, 5.41) is 12.4. The topological polar surface area (TPSA) is 73.8 Å². The van der Waals surface area contributed by atoms with Crippen molar-refractivity contribution in [2.24, 2.45) is 7.05 Å². The third-order valence-corrected chi connectivity index (χ3v) is 4.46. The first-order valence-electron chi connectivity index (χ1n) is 6.38. The smallest absolute Gasteiger partial charge is 0.273 e. The molecule has 0 radical (unpaired) electrons. The van der Waals surface area contributed by atoms with E-state index in [2.05, 4.69) is 9.97 Å². The van der Waals surface area contributed by atoms with Crippen LogP contribution < -0.4 is 0 Å². The first kappa shape index (κ1) is 14.8. The zero-order valence-corrected chi connectivity index (χ0v) is 13.1. The fraction of sp³-hybridized carbons (Fsp3) is 0.143. The summed E-state index contributed by atoms with van der Waals surface area (Å²) in [4.78, 5) is 19.3. The lowest BCUT2D eigenvalue weighted by atomic mass is 10.2. The Labute approximate surface area is 135 Å². The average molecular weight is 335 g/mol. The molecular weight excluding hydrogens is 324 g/mol. The second kappa shape index (κ2) is 5.94. The molecule has 0 atom stereocenters. The molecule has 0 aliphatic carbocycles. The van der Waals surface area contributed by atoms with Gasteiger partial charge in [-0.25, -0.2) is 9.97 Å². The molecule has 0 aliphatic heterocycles. The number of rotatable bonds is 4. The quantitative estimate of drug-likeness (QED) is 0.412. The summed E-state index contributed by atoms with van der Waals surface area (Å²) in [6.07, 6.45) is 3.41. The van der Waals surface area contributed by atoms with Gasteiger partial charge in [-0.1, -0.05) is 23.4 Å². The largest absolute Gasteiger partial charge is 0.332 e. The van der Waals surface area contributed by atoms with Crippen LogP contribution in [0.1, 0.15) is 5.56 Å². The van der Waals surface area contributed by atoms with Crippen molar-refractivity contribution in [3.8, 4) is 0 Å². The Bertz CT molecular complexity index is 865. The van der Waals surface area contributed by atoms with Gasteiger partial charge in [0.2, 0.25) is 0 Å². The first-order chi connectivity index (χ1) is 10.6. The molecule has 2 heterocycles. The summed E-state index contributed by atoms with van der Waals surface area (Å²) < 4.78 is 1.89. The average Bonchev–Trinajstić information content (AvgIpc) is 2.87. The molecule has 6 nitrogen and oxygen atoms in total. The molecule has 22 heavy (non-hydrogen) atoms. The molecule has 0 bridgehead atoms. The van der Waals surface area contributed by atoms with E-state index >= 15 is 0 Å². The highest BCUT2D eigenvalue weighted by Crippen LogP contribution is 2.32. The summed E-state index contributed by atoms with van der Waals surface area (Å²) >= 11 is 7.37. The van der Waals surface area contributed by atoms with Crippen LogP contribution in [0.3, 0.4) is 0 Å². The second-order valence-corrected chi connectivity index (χ2v) is 6.06. The third kappa shape index (κ3) is 2.77. The molecule has 0 unspecified atom stereocenters. The number of aromatic nitrogens is 3. The summed E-state index contributed by atoms with van der Waals surface area (Å²) in [6.45, 7) is 0. The maximum Gasteiger partial charge on any atom is 0.273 e. The normalized spacial score (nSPS) is 11.0. The van der Waals surface area contributed by atoms with E-state index < -0.39 is 4.92 Å². The number of nitro groups is 1. The molecule has 3 aromatic rings. The van der Waals surface area contributed by atoms with Crippen molar-refractivity contribution in [3.63, 3.8) is 0 Å². The zero-order valence-electron chi connectivity index (χ0n) is 11.6. The van der Waals surface area contributed by atoms with Crippen molar-refractivity contribution in [2.75, 3.05) is 0 Å². The highest BCUT2D eigenvalue weighted by molar-refractivity contribution is 7.98. The predicted molar refractivity (Wildman–Crippen MR) is 86.2 cm³/mol. The number of nitrogens with zero attached hydrogens (tertiary/aromatic N) is 4. The fourth-order valence-corrected chi connectivity index (χ4v) is 3.41. The lowest BCUT2D eigenvalue weighted by molar-refractivity contribution is -0.385. The Kier molecular flexibility index (Phi) is 4.00. The van der Waals surface area contributed by atoms with Gasteiger partial charge in [0.25, 0.3) is 5.69 Å². The summed E-state index contributed by atoms with van der Waals surface area (Å²) in [6, 6.07) is 6.40. The molecule has 0 aliphatic rings. The minimum Gasteiger partial charge on any atom is -0.332 e. The number of pyridine rings is 1. The van der Waals surface area contributed by atoms with Gasteiger partial charge in [-0.2, -0.15) is 0 Å². The number of fused-ring (bicyclic) bond motifs is 1. The van der Waals surface area contributed by atoms with Crippen LogP contribution in [0.4, 0.5) is 5.69 Å². The summed E-state index contributed by atoms with van der Waals surface area (Å²) in [7, 11) is 1.89. The van der Waals surface area contributed by atoms with Crippen molar-refractivity contribution in [1.82, 2.24) is 14.5 Å². The highest BCUT2D eigenvalue weighted by Gasteiger charge is 2.15. The van der Waals surface area contributed by atoms with Crippen LogP contribution in [-0.4, -0.2) is 19.5 Å². The first-order valence-corrected chi connectivity index (χ1v) is 7.74. The predicted octanol–water partition coefficient (Wildman–Crippen LogP) is 3.82. The maximum absolute atomic E-state index is 11.1. The van der Waals surface area contributed by atoms with E-state index in [1.807, 2.05) is 17.7 Å². The van der Waals surface area contributed by atoms with E-state index in [-0.39, 0.29) is 5.69 Å². The van der Waals surface area contributed by atoms with Gasteiger partial charge in [0.1, 0.15) is 10.5 Å². The number of thioether (sulfide) groups is 1. The molecule has 0 fully saturated rings. The molecule has 0 amide bonds. The van der Waals surface area contributed by atoms with E-state index in [0.717, 1.165) is 16.1 Å². The van der Waals surface area contributed by atoms with Crippen molar-refractivity contribution in [1.29, 1.82) is 0 Å². The van der Waals surface area contributed by atoms with Crippen LogP contribution >= 0.6 is 23.4 Å². The van der Waals surface area contributed by atoms with Crippen molar-refractivity contribution in [2.45, 2.75) is 10.8 Å². The van der Waals surface area contributed by atoms with Gasteiger partial charge in [-0.15, -0.1) is 0 Å². The Morgan fingerprint density at radius 1 is 1.36 bits per heavy atom. The minimum atomic E-state index is -0.399. The monoisotopic (exact) mass is 334 g/mol. The van der Waals surface area contributed by atoms with Gasteiger partial charge >= 0.3 is 0 Å². The SMILES string of the molecule is Cn1cnc2ccnc(SCc3cc(Cl)ccc3[N+](=O)[O-])c21. The molecule has 3 rings (SSSR count). The fourth-order valence-electron chi connectivity index (χ4n) is 2.17. The molecule has 2 aromatic heterocycles. The van der Waals surface area contributed by atoms with Crippen LogP contribution in [0, 0.1) is 10.1 Å². The Morgan fingerprint density at radius 2 is 2.18 bits per heavy atom. The molecule has 0 saturated heterocycles. The van der Waals surface area contributed by atoms with E-state index in [4.69, 9.17) is 11.6 Å². The lowest BCUT2D eigenvalue weighted by Crippen LogP contribution is -1.95. The van der Waals surface area contributed by atoms with E-state index in [0.29, 0.717) is 16.3 Å². The Hall–Kier alpha value is -2.12. The van der Waals surface area contributed by atoms with E-state index in [1.54, 1.807) is 18.6 Å². The van der Waals surface area contributed by atoms with Gasteiger partial charge in [0, 0.05) is 35.6 Å². The number of hydrogen-bond donors (Lipinski definition) is 0. The number of halogens is 1. The number of hydrogen-bond acceptors (Lipinski definition) is 5. The molecule has 112 valence electrons. The van der Waals surface area contributed by atoms with Crippen LogP contribution in [0.5, 0.6) is 0 Å². The summed E-state index contributed by atoms with van der Waals surface area (Å²) in [5.41, 5.74) is 2.40. The summed E-state index contributed by atoms with van der Waals surface area (Å²) in [5.74, 6) is 0.411. The number of aryl methyl sites for hydroxylation is 1. The lowest BCUT2D eigenvalue weighted by Gasteiger charge is -2.05. The van der Waals surface area contributed by atoms with Crippen molar-refractivity contribution in [3.05, 3.63) is 57.5 Å². The Morgan fingerprint density at radius 3 is 2.95 bits per heavy atom. The number of imidazole rings is 1. The van der Waals surface area contributed by atoms with Gasteiger partial charge in [0.15, 0.2) is 0 Å².